The van der Waals surface area contributed by atoms with Gasteiger partial charge in [0.25, 0.3) is 0 Å². The van der Waals surface area contributed by atoms with Crippen molar-refractivity contribution in [2.45, 2.75) is 39.2 Å². The summed E-state index contributed by atoms with van der Waals surface area (Å²) in [5, 5.41) is 3.51. The van der Waals surface area contributed by atoms with Crippen molar-refractivity contribution in [3.8, 4) is 11.3 Å². The second-order valence-electron chi connectivity index (χ2n) is 5.60. The Hall–Kier alpha value is -1.61. The Morgan fingerprint density at radius 3 is 2.63 bits per heavy atom. The second kappa shape index (κ2) is 5.17. The molecule has 0 saturated heterocycles. The van der Waals surface area contributed by atoms with Crippen molar-refractivity contribution in [3.63, 3.8) is 0 Å². The van der Waals surface area contributed by atoms with Gasteiger partial charge in [-0.2, -0.15) is 0 Å². The molecule has 0 aliphatic heterocycles. The third-order valence-corrected chi connectivity index (χ3v) is 3.53. The summed E-state index contributed by atoms with van der Waals surface area (Å²) in [4.78, 5) is 7.90. The predicted octanol–water partition coefficient (Wildman–Crippen LogP) is 2.99. The quantitative estimate of drug-likeness (QED) is 0.862. The predicted molar refractivity (Wildman–Crippen MR) is 78.2 cm³/mol. The Bertz CT molecular complexity index is 547. The van der Waals surface area contributed by atoms with Crippen molar-refractivity contribution in [3.05, 3.63) is 41.3 Å². The summed E-state index contributed by atoms with van der Waals surface area (Å²) in [6.45, 7) is 5.28. The highest BCUT2D eigenvalue weighted by Crippen LogP contribution is 2.21. The molecule has 0 spiro atoms. The maximum atomic E-state index is 4.47. The Balaban J connectivity index is 1.68. The van der Waals surface area contributed by atoms with Crippen LogP contribution in [0.1, 0.15) is 29.8 Å². The molecule has 100 valence electrons. The molecule has 2 aromatic rings. The molecule has 0 radical (unpaired) electrons. The van der Waals surface area contributed by atoms with Crippen molar-refractivity contribution in [1.29, 1.82) is 0 Å². The van der Waals surface area contributed by atoms with Crippen LogP contribution in [0.2, 0.25) is 0 Å². The third kappa shape index (κ3) is 3.24. The number of aromatic nitrogens is 2. The fourth-order valence-electron chi connectivity index (χ4n) is 2.45. The van der Waals surface area contributed by atoms with Crippen molar-refractivity contribution >= 4 is 0 Å². The molecule has 3 rings (SSSR count). The normalized spacial score (nSPS) is 14.8. The Labute approximate surface area is 114 Å². The van der Waals surface area contributed by atoms with E-state index >= 15 is 0 Å². The van der Waals surface area contributed by atoms with Gasteiger partial charge in [0.05, 0.1) is 11.9 Å². The van der Waals surface area contributed by atoms with Crippen LogP contribution in [0.5, 0.6) is 0 Å². The van der Waals surface area contributed by atoms with E-state index in [9.17, 15) is 0 Å². The van der Waals surface area contributed by atoms with E-state index in [4.69, 9.17) is 0 Å². The molecule has 1 aromatic heterocycles. The maximum Gasteiger partial charge on any atom is 0.107 e. The molecule has 1 heterocycles. The maximum absolute atomic E-state index is 4.47. The summed E-state index contributed by atoms with van der Waals surface area (Å²) in [6, 6.07) is 7.37. The van der Waals surface area contributed by atoms with Gasteiger partial charge in [-0.15, -0.1) is 0 Å². The van der Waals surface area contributed by atoms with Crippen molar-refractivity contribution < 1.29 is 0 Å². The van der Waals surface area contributed by atoms with Gasteiger partial charge in [-0.25, -0.2) is 4.98 Å². The van der Waals surface area contributed by atoms with Crippen LogP contribution in [-0.4, -0.2) is 22.6 Å². The molecule has 2 N–H and O–H groups in total. The number of benzene rings is 1. The fourth-order valence-corrected chi connectivity index (χ4v) is 2.45. The SMILES string of the molecule is Cc1cc(C)cc(-c2cnc(CCNC3CC3)[nH]2)c1. The Morgan fingerprint density at radius 1 is 1.21 bits per heavy atom. The van der Waals surface area contributed by atoms with Crippen LogP contribution in [0.15, 0.2) is 24.4 Å². The van der Waals surface area contributed by atoms with Gasteiger partial charge < -0.3 is 10.3 Å². The van der Waals surface area contributed by atoms with Crippen molar-refractivity contribution in [2.75, 3.05) is 6.54 Å². The number of nitrogens with zero attached hydrogens (tertiary/aromatic N) is 1. The van der Waals surface area contributed by atoms with Crippen LogP contribution in [-0.2, 0) is 6.42 Å². The van der Waals surface area contributed by atoms with Gasteiger partial charge in [0, 0.05) is 24.6 Å². The molecule has 19 heavy (non-hydrogen) atoms. The lowest BCUT2D eigenvalue weighted by molar-refractivity contribution is 0.669. The Kier molecular flexibility index (Phi) is 3.38. The minimum absolute atomic E-state index is 0.772. The fraction of sp³-hybridized carbons (Fsp3) is 0.438. The number of aryl methyl sites for hydroxylation is 2. The van der Waals surface area contributed by atoms with E-state index in [2.05, 4.69) is 47.3 Å². The molecule has 0 amide bonds. The molecule has 3 heteroatoms. The summed E-state index contributed by atoms with van der Waals surface area (Å²) >= 11 is 0. The highest BCUT2D eigenvalue weighted by molar-refractivity contribution is 5.60. The lowest BCUT2D eigenvalue weighted by Gasteiger charge is -2.03. The van der Waals surface area contributed by atoms with Gasteiger partial charge >= 0.3 is 0 Å². The molecule has 1 fully saturated rings. The molecular weight excluding hydrogens is 234 g/mol. The van der Waals surface area contributed by atoms with Gasteiger partial charge in [0.1, 0.15) is 5.82 Å². The van der Waals surface area contributed by atoms with Gasteiger partial charge in [-0.3, -0.25) is 0 Å². The van der Waals surface area contributed by atoms with Crippen molar-refractivity contribution in [1.82, 2.24) is 15.3 Å². The van der Waals surface area contributed by atoms with E-state index < -0.39 is 0 Å². The highest BCUT2D eigenvalue weighted by atomic mass is 15.0. The number of nitrogens with one attached hydrogen (secondary N) is 2. The molecule has 0 atom stereocenters. The van der Waals surface area contributed by atoms with E-state index in [1.54, 1.807) is 0 Å². The van der Waals surface area contributed by atoms with Crippen LogP contribution >= 0.6 is 0 Å². The average molecular weight is 255 g/mol. The van der Waals surface area contributed by atoms with Gasteiger partial charge in [0.15, 0.2) is 0 Å². The molecule has 1 aromatic carbocycles. The first-order chi connectivity index (χ1) is 9.20. The minimum atomic E-state index is 0.772. The van der Waals surface area contributed by atoms with E-state index in [1.165, 1.54) is 29.5 Å². The van der Waals surface area contributed by atoms with E-state index in [0.717, 1.165) is 30.5 Å². The number of hydrogen-bond acceptors (Lipinski definition) is 2. The van der Waals surface area contributed by atoms with E-state index in [-0.39, 0.29) is 0 Å². The van der Waals surface area contributed by atoms with Gasteiger partial charge in [0.2, 0.25) is 0 Å². The lowest BCUT2D eigenvalue weighted by atomic mass is 10.1. The lowest BCUT2D eigenvalue weighted by Crippen LogP contribution is -2.19. The van der Waals surface area contributed by atoms with Crippen LogP contribution in [0.4, 0.5) is 0 Å². The number of H-pyrrole nitrogens is 1. The number of aromatic amines is 1. The zero-order chi connectivity index (χ0) is 13.2. The van der Waals surface area contributed by atoms with Crippen LogP contribution in [0.25, 0.3) is 11.3 Å². The first-order valence-electron chi connectivity index (χ1n) is 7.06. The largest absolute Gasteiger partial charge is 0.342 e. The van der Waals surface area contributed by atoms with Crippen LogP contribution < -0.4 is 5.32 Å². The summed E-state index contributed by atoms with van der Waals surface area (Å²) in [6.07, 6.45) is 5.60. The first kappa shape index (κ1) is 12.4. The number of rotatable bonds is 5. The topological polar surface area (TPSA) is 40.7 Å². The van der Waals surface area contributed by atoms with Crippen LogP contribution in [0.3, 0.4) is 0 Å². The number of hydrogen-bond donors (Lipinski definition) is 2. The van der Waals surface area contributed by atoms with E-state index in [0.29, 0.717) is 0 Å². The number of imidazole rings is 1. The Morgan fingerprint density at radius 2 is 1.95 bits per heavy atom. The summed E-state index contributed by atoms with van der Waals surface area (Å²) in [5.41, 5.74) is 4.93. The van der Waals surface area contributed by atoms with Gasteiger partial charge in [-0.1, -0.05) is 17.2 Å². The van der Waals surface area contributed by atoms with Gasteiger partial charge in [-0.05, 0) is 38.8 Å². The second-order valence-corrected chi connectivity index (χ2v) is 5.60. The van der Waals surface area contributed by atoms with E-state index in [1.807, 2.05) is 6.20 Å². The smallest absolute Gasteiger partial charge is 0.107 e. The molecule has 0 unspecified atom stereocenters. The monoisotopic (exact) mass is 255 g/mol. The summed E-state index contributed by atoms with van der Waals surface area (Å²) in [7, 11) is 0. The minimum Gasteiger partial charge on any atom is -0.342 e. The van der Waals surface area contributed by atoms with Crippen LogP contribution in [0, 0.1) is 13.8 Å². The summed E-state index contributed by atoms with van der Waals surface area (Å²) in [5.74, 6) is 1.07. The average Bonchev–Trinajstić information content (AvgIpc) is 3.04. The standard InChI is InChI=1S/C16H21N3/c1-11-7-12(2)9-13(8-11)15-10-18-16(19-15)5-6-17-14-3-4-14/h7-10,14,17H,3-6H2,1-2H3,(H,18,19). The molecular formula is C16H21N3. The molecule has 1 aliphatic rings. The third-order valence-electron chi connectivity index (χ3n) is 3.53. The zero-order valence-corrected chi connectivity index (χ0v) is 11.7. The zero-order valence-electron chi connectivity index (χ0n) is 11.7. The molecule has 1 aliphatic carbocycles. The molecule has 3 nitrogen and oxygen atoms in total. The van der Waals surface area contributed by atoms with Crippen molar-refractivity contribution in [2.24, 2.45) is 0 Å². The highest BCUT2D eigenvalue weighted by Gasteiger charge is 2.19. The molecule has 0 bridgehead atoms. The molecule has 1 saturated carbocycles. The summed E-state index contributed by atoms with van der Waals surface area (Å²) < 4.78 is 0. The first-order valence-corrected chi connectivity index (χ1v) is 7.06.